The third-order valence-corrected chi connectivity index (χ3v) is 2.96. The minimum absolute atomic E-state index is 0.0418. The second kappa shape index (κ2) is 14.6. The molecule has 0 spiro atoms. The van der Waals surface area contributed by atoms with Crippen molar-refractivity contribution in [2.75, 3.05) is 59.4 Å². The maximum absolute atomic E-state index is 11.5. The molecule has 0 aliphatic heterocycles. The van der Waals surface area contributed by atoms with E-state index in [0.717, 1.165) is 0 Å². The van der Waals surface area contributed by atoms with Gasteiger partial charge in [0.25, 0.3) is 0 Å². The van der Waals surface area contributed by atoms with Crippen LogP contribution in [-0.4, -0.2) is 80.3 Å². The molecule has 1 heterocycles. The van der Waals surface area contributed by atoms with E-state index in [1.807, 2.05) is 0 Å². The number of hydrogen-bond donors (Lipinski definition) is 2. The standard InChI is InChI=1S/C15H24N4O8/c16-18-17-4-6-24-8-10-26-12-11-25-9-7-23-5-3-15(22)27-19-13(20)1-2-14(19)21/h1-2,20-21H,3-12H2. The number of hydrogen-bond acceptors (Lipinski definition) is 9. The molecule has 0 saturated heterocycles. The van der Waals surface area contributed by atoms with E-state index in [-0.39, 0.29) is 24.8 Å². The Morgan fingerprint density at radius 3 is 1.93 bits per heavy atom. The fourth-order valence-corrected chi connectivity index (χ4v) is 1.71. The molecule has 0 aliphatic carbocycles. The van der Waals surface area contributed by atoms with Crippen LogP contribution in [0.5, 0.6) is 11.8 Å². The molecule has 12 heteroatoms. The highest BCUT2D eigenvalue weighted by Gasteiger charge is 2.11. The molecule has 0 radical (unpaired) electrons. The maximum Gasteiger partial charge on any atom is 0.335 e. The Balaban J connectivity index is 1.85. The molecule has 1 rings (SSSR count). The van der Waals surface area contributed by atoms with Crippen molar-refractivity contribution >= 4 is 5.97 Å². The third-order valence-electron chi connectivity index (χ3n) is 2.96. The lowest BCUT2D eigenvalue weighted by molar-refractivity contribution is -0.146. The average Bonchev–Trinajstić information content (AvgIpc) is 2.97. The molecule has 0 amide bonds. The van der Waals surface area contributed by atoms with E-state index in [4.69, 9.17) is 29.3 Å². The van der Waals surface area contributed by atoms with Crippen LogP contribution in [0.3, 0.4) is 0 Å². The molecule has 1 aromatic rings. The normalized spacial score (nSPS) is 10.5. The molecule has 1 aromatic heterocycles. The SMILES string of the molecule is [N-]=[N+]=NCCOCCOCCOCCOCCC(=O)On1c(O)ccc1O. The van der Waals surface area contributed by atoms with Gasteiger partial charge in [0, 0.05) is 23.6 Å². The predicted molar refractivity (Wildman–Crippen MR) is 91.3 cm³/mol. The van der Waals surface area contributed by atoms with Gasteiger partial charge in [-0.2, -0.15) is 0 Å². The highest BCUT2D eigenvalue weighted by Crippen LogP contribution is 2.18. The summed E-state index contributed by atoms with van der Waals surface area (Å²) < 4.78 is 21.6. The summed E-state index contributed by atoms with van der Waals surface area (Å²) >= 11 is 0. The number of aromatic hydroxyl groups is 2. The minimum Gasteiger partial charge on any atom is -0.492 e. The highest BCUT2D eigenvalue weighted by molar-refractivity contribution is 5.70. The molecule has 27 heavy (non-hydrogen) atoms. The van der Waals surface area contributed by atoms with E-state index in [2.05, 4.69) is 10.0 Å². The van der Waals surface area contributed by atoms with Crippen molar-refractivity contribution in [2.45, 2.75) is 6.42 Å². The zero-order valence-electron chi connectivity index (χ0n) is 14.9. The average molecular weight is 388 g/mol. The summed E-state index contributed by atoms with van der Waals surface area (Å²) in [6, 6.07) is 2.39. The minimum atomic E-state index is -0.659. The lowest BCUT2D eigenvalue weighted by atomic mass is 10.5. The Morgan fingerprint density at radius 2 is 1.41 bits per heavy atom. The fourth-order valence-electron chi connectivity index (χ4n) is 1.71. The number of carbonyl (C=O) groups is 1. The van der Waals surface area contributed by atoms with Crippen LogP contribution in [-0.2, 0) is 23.7 Å². The van der Waals surface area contributed by atoms with E-state index in [9.17, 15) is 15.0 Å². The monoisotopic (exact) mass is 388 g/mol. The molecule has 0 bridgehead atoms. The van der Waals surface area contributed by atoms with Crippen LogP contribution < -0.4 is 4.84 Å². The van der Waals surface area contributed by atoms with Gasteiger partial charge in [-0.1, -0.05) is 5.11 Å². The van der Waals surface area contributed by atoms with Crippen LogP contribution in [0.25, 0.3) is 10.4 Å². The number of rotatable bonds is 16. The first-order valence-electron chi connectivity index (χ1n) is 8.28. The van der Waals surface area contributed by atoms with Gasteiger partial charge in [0.1, 0.15) is 0 Å². The Morgan fingerprint density at radius 1 is 0.926 bits per heavy atom. The van der Waals surface area contributed by atoms with Gasteiger partial charge in [-0.3, -0.25) is 0 Å². The van der Waals surface area contributed by atoms with Crippen molar-refractivity contribution in [3.8, 4) is 11.8 Å². The molecule has 0 aliphatic rings. The van der Waals surface area contributed by atoms with E-state index < -0.39 is 5.97 Å². The highest BCUT2D eigenvalue weighted by atomic mass is 16.7. The number of carbonyl (C=O) groups excluding carboxylic acids is 1. The Kier molecular flexibility index (Phi) is 12.2. The van der Waals surface area contributed by atoms with Crippen molar-refractivity contribution < 1.29 is 38.8 Å². The van der Waals surface area contributed by atoms with Crippen LogP contribution in [0.1, 0.15) is 6.42 Å². The summed E-state index contributed by atoms with van der Waals surface area (Å²) in [5.41, 5.74) is 8.06. The third kappa shape index (κ3) is 10.9. The first-order chi connectivity index (χ1) is 13.1. The second-order valence-electron chi connectivity index (χ2n) is 4.96. The first kappa shape index (κ1) is 22.5. The van der Waals surface area contributed by atoms with E-state index >= 15 is 0 Å². The van der Waals surface area contributed by atoms with Crippen molar-refractivity contribution in [3.63, 3.8) is 0 Å². The Bertz CT molecular complexity index is 569. The Labute approximate surface area is 155 Å². The van der Waals surface area contributed by atoms with Crippen LogP contribution in [0.4, 0.5) is 0 Å². The molecule has 2 N–H and O–H groups in total. The van der Waals surface area contributed by atoms with Crippen LogP contribution in [0, 0.1) is 0 Å². The largest absolute Gasteiger partial charge is 0.492 e. The zero-order chi connectivity index (χ0) is 19.7. The molecule has 0 unspecified atom stereocenters. The van der Waals surface area contributed by atoms with Gasteiger partial charge in [0.05, 0.1) is 59.3 Å². The van der Waals surface area contributed by atoms with E-state index in [1.165, 1.54) is 12.1 Å². The van der Waals surface area contributed by atoms with Gasteiger partial charge in [-0.05, 0) is 5.53 Å². The molecule has 12 nitrogen and oxygen atoms in total. The fraction of sp³-hybridized carbons (Fsp3) is 0.667. The lowest BCUT2D eigenvalue weighted by Gasteiger charge is -2.08. The lowest BCUT2D eigenvalue weighted by Crippen LogP contribution is -2.20. The van der Waals surface area contributed by atoms with E-state index in [1.54, 1.807) is 0 Å². The van der Waals surface area contributed by atoms with Gasteiger partial charge in [-0.15, -0.1) is 4.73 Å². The van der Waals surface area contributed by atoms with Crippen molar-refractivity contribution in [2.24, 2.45) is 5.11 Å². The zero-order valence-corrected chi connectivity index (χ0v) is 14.9. The second-order valence-corrected chi connectivity index (χ2v) is 4.96. The molecule has 152 valence electrons. The van der Waals surface area contributed by atoms with Gasteiger partial charge in [0.15, 0.2) is 0 Å². The number of ether oxygens (including phenoxy) is 4. The summed E-state index contributed by atoms with van der Waals surface area (Å²) in [4.78, 5) is 18.9. The van der Waals surface area contributed by atoms with Gasteiger partial charge in [-0.25, -0.2) is 4.79 Å². The van der Waals surface area contributed by atoms with Gasteiger partial charge >= 0.3 is 5.97 Å². The number of nitrogens with zero attached hydrogens (tertiary/aromatic N) is 4. The summed E-state index contributed by atoms with van der Waals surface area (Å²) in [5.74, 6) is -1.41. The number of aromatic nitrogens is 1. The van der Waals surface area contributed by atoms with E-state index in [0.29, 0.717) is 57.5 Å². The topological polar surface area (TPSA) is 157 Å². The predicted octanol–water partition coefficient (Wildman–Crippen LogP) is 0.621. The summed E-state index contributed by atoms with van der Waals surface area (Å²) in [5, 5.41) is 22.0. The summed E-state index contributed by atoms with van der Waals surface area (Å²) in [7, 11) is 0. The van der Waals surface area contributed by atoms with Crippen molar-refractivity contribution in [3.05, 3.63) is 22.6 Å². The molecular formula is C15H24N4O8. The molecule has 0 aromatic carbocycles. The Hall–Kier alpha value is -2.50. The number of azide groups is 1. The van der Waals surface area contributed by atoms with Crippen LogP contribution >= 0.6 is 0 Å². The van der Waals surface area contributed by atoms with Crippen molar-refractivity contribution in [1.82, 2.24) is 4.73 Å². The smallest absolute Gasteiger partial charge is 0.335 e. The summed E-state index contributed by atoms with van der Waals surface area (Å²) in [6.45, 7) is 3.08. The molecule has 0 saturated carbocycles. The quantitative estimate of drug-likeness (QED) is 0.180. The molecule has 0 fully saturated rings. The molecule has 0 atom stereocenters. The summed E-state index contributed by atoms with van der Waals surface area (Å²) in [6.07, 6.45) is -0.0418. The van der Waals surface area contributed by atoms with Gasteiger partial charge < -0.3 is 34.0 Å². The van der Waals surface area contributed by atoms with Crippen molar-refractivity contribution in [1.29, 1.82) is 0 Å². The van der Waals surface area contributed by atoms with Crippen LogP contribution in [0.2, 0.25) is 0 Å². The van der Waals surface area contributed by atoms with Gasteiger partial charge in [0.2, 0.25) is 11.8 Å². The molecular weight excluding hydrogens is 364 g/mol. The van der Waals surface area contributed by atoms with Crippen LogP contribution in [0.15, 0.2) is 17.2 Å². The maximum atomic E-state index is 11.5. The first-order valence-corrected chi connectivity index (χ1v) is 8.28.